The van der Waals surface area contributed by atoms with Gasteiger partial charge in [-0.3, -0.25) is 14.8 Å². The van der Waals surface area contributed by atoms with Gasteiger partial charge in [-0.1, -0.05) is 0 Å². The van der Waals surface area contributed by atoms with Crippen molar-refractivity contribution in [2.75, 3.05) is 55.0 Å². The summed E-state index contributed by atoms with van der Waals surface area (Å²) in [6.07, 6.45) is 4.81. The Morgan fingerprint density at radius 2 is 1.97 bits per heavy atom. The van der Waals surface area contributed by atoms with Crippen LogP contribution in [0, 0.1) is 6.92 Å². The van der Waals surface area contributed by atoms with Crippen LogP contribution in [0.1, 0.15) is 16.1 Å². The van der Waals surface area contributed by atoms with E-state index in [1.807, 2.05) is 25.1 Å². The molecule has 4 rings (SSSR count). The number of amides is 1. The lowest BCUT2D eigenvalue weighted by molar-refractivity contribution is 0.102. The fraction of sp³-hybridized carbons (Fsp3) is 0.304. The average molecular weight is 435 g/mol. The minimum atomic E-state index is -0.224. The standard InChI is InChI=1S/C23H26N6O3/c1-16-20(14-19(15-26-16)27-23(31)17-2-4-24-5-3-17)18-12-21(25-6-9-30)28-22(13-18)29-7-10-32-11-8-29/h2-5,12-15,30H,6-11H2,1H3,(H,25,28)(H,27,31). The Morgan fingerprint density at radius 1 is 1.19 bits per heavy atom. The van der Waals surface area contributed by atoms with Crippen LogP contribution in [0.4, 0.5) is 17.3 Å². The van der Waals surface area contributed by atoms with E-state index in [0.29, 0.717) is 36.8 Å². The van der Waals surface area contributed by atoms with Gasteiger partial charge in [-0.15, -0.1) is 0 Å². The molecule has 0 bridgehead atoms. The van der Waals surface area contributed by atoms with Gasteiger partial charge in [0, 0.05) is 48.8 Å². The van der Waals surface area contributed by atoms with Crippen LogP contribution >= 0.6 is 0 Å². The molecule has 0 saturated carbocycles. The van der Waals surface area contributed by atoms with E-state index in [4.69, 9.17) is 9.72 Å². The number of anilines is 3. The molecule has 0 aromatic carbocycles. The molecule has 3 aromatic heterocycles. The first-order valence-corrected chi connectivity index (χ1v) is 10.5. The number of aliphatic hydroxyl groups is 1. The summed E-state index contributed by atoms with van der Waals surface area (Å²) in [5.74, 6) is 1.28. The minimum absolute atomic E-state index is 0.00982. The molecule has 1 fully saturated rings. The van der Waals surface area contributed by atoms with Crippen molar-refractivity contribution in [3.63, 3.8) is 0 Å². The Balaban J connectivity index is 1.66. The third kappa shape index (κ3) is 5.19. The van der Waals surface area contributed by atoms with Gasteiger partial charge >= 0.3 is 0 Å². The van der Waals surface area contributed by atoms with E-state index in [1.54, 1.807) is 30.7 Å². The van der Waals surface area contributed by atoms with Gasteiger partial charge in [0.1, 0.15) is 11.6 Å². The summed E-state index contributed by atoms with van der Waals surface area (Å²) in [4.78, 5) is 27.9. The molecular formula is C23H26N6O3. The van der Waals surface area contributed by atoms with Crippen LogP contribution in [0.5, 0.6) is 0 Å². The van der Waals surface area contributed by atoms with Crippen molar-refractivity contribution < 1.29 is 14.6 Å². The Labute approximate surface area is 186 Å². The molecule has 0 unspecified atom stereocenters. The first kappa shape index (κ1) is 21.7. The number of pyridine rings is 3. The number of carbonyl (C=O) groups excluding carboxylic acids is 1. The van der Waals surface area contributed by atoms with Gasteiger partial charge in [0.2, 0.25) is 0 Å². The van der Waals surface area contributed by atoms with Gasteiger partial charge in [0.15, 0.2) is 0 Å². The number of aryl methyl sites for hydroxylation is 1. The number of nitrogens with zero attached hydrogens (tertiary/aromatic N) is 4. The second kappa shape index (κ2) is 10.2. The fourth-order valence-corrected chi connectivity index (χ4v) is 3.50. The molecule has 1 aliphatic heterocycles. The first-order chi connectivity index (χ1) is 15.6. The monoisotopic (exact) mass is 434 g/mol. The molecule has 1 amide bonds. The molecule has 0 aliphatic carbocycles. The van der Waals surface area contributed by atoms with E-state index >= 15 is 0 Å². The lowest BCUT2D eigenvalue weighted by atomic mass is 10.0. The largest absolute Gasteiger partial charge is 0.395 e. The number of morpholine rings is 1. The van der Waals surface area contributed by atoms with Crippen molar-refractivity contribution in [2.24, 2.45) is 0 Å². The third-order valence-electron chi connectivity index (χ3n) is 5.16. The van der Waals surface area contributed by atoms with Crippen LogP contribution in [0.2, 0.25) is 0 Å². The highest BCUT2D eigenvalue weighted by molar-refractivity contribution is 6.04. The van der Waals surface area contributed by atoms with Gasteiger partial charge in [0.05, 0.1) is 31.7 Å². The zero-order chi connectivity index (χ0) is 22.3. The minimum Gasteiger partial charge on any atom is -0.395 e. The van der Waals surface area contributed by atoms with E-state index in [-0.39, 0.29) is 12.5 Å². The third-order valence-corrected chi connectivity index (χ3v) is 5.16. The number of rotatable bonds is 7. The molecule has 9 heteroatoms. The molecule has 3 aromatic rings. The molecule has 1 saturated heterocycles. The Hall–Kier alpha value is -3.56. The van der Waals surface area contributed by atoms with Crippen LogP contribution < -0.4 is 15.5 Å². The molecule has 3 N–H and O–H groups in total. The average Bonchev–Trinajstić information content (AvgIpc) is 2.84. The van der Waals surface area contributed by atoms with Gasteiger partial charge < -0.3 is 25.4 Å². The molecule has 0 radical (unpaired) electrons. The lowest BCUT2D eigenvalue weighted by Crippen LogP contribution is -2.36. The first-order valence-electron chi connectivity index (χ1n) is 10.5. The van der Waals surface area contributed by atoms with Gasteiger partial charge in [-0.05, 0) is 42.8 Å². The maximum Gasteiger partial charge on any atom is 0.255 e. The zero-order valence-electron chi connectivity index (χ0n) is 17.9. The van der Waals surface area contributed by atoms with Crippen LogP contribution in [0.25, 0.3) is 11.1 Å². The van der Waals surface area contributed by atoms with E-state index in [0.717, 1.165) is 35.7 Å². The molecular weight excluding hydrogens is 408 g/mol. The molecule has 9 nitrogen and oxygen atoms in total. The molecule has 0 atom stereocenters. The zero-order valence-corrected chi connectivity index (χ0v) is 17.9. The number of carbonyl (C=O) groups is 1. The summed E-state index contributed by atoms with van der Waals surface area (Å²) >= 11 is 0. The quantitative estimate of drug-likeness (QED) is 0.519. The van der Waals surface area contributed by atoms with Gasteiger partial charge in [-0.2, -0.15) is 0 Å². The smallest absolute Gasteiger partial charge is 0.255 e. The van der Waals surface area contributed by atoms with Crippen molar-refractivity contribution in [1.82, 2.24) is 15.0 Å². The van der Waals surface area contributed by atoms with Crippen molar-refractivity contribution in [1.29, 1.82) is 0 Å². The molecule has 4 heterocycles. The maximum absolute atomic E-state index is 12.6. The molecule has 32 heavy (non-hydrogen) atoms. The van der Waals surface area contributed by atoms with E-state index in [1.165, 1.54) is 0 Å². The van der Waals surface area contributed by atoms with Crippen LogP contribution in [-0.2, 0) is 4.74 Å². The predicted molar refractivity (Wildman–Crippen MR) is 123 cm³/mol. The van der Waals surface area contributed by atoms with Crippen molar-refractivity contribution in [3.05, 3.63) is 60.2 Å². The van der Waals surface area contributed by atoms with Crippen LogP contribution in [0.15, 0.2) is 48.9 Å². The lowest BCUT2D eigenvalue weighted by Gasteiger charge is -2.28. The van der Waals surface area contributed by atoms with Crippen LogP contribution in [-0.4, -0.2) is 65.4 Å². The number of hydrogen-bond donors (Lipinski definition) is 3. The summed E-state index contributed by atoms with van der Waals surface area (Å²) in [5, 5.41) is 15.3. The Kier molecular flexibility index (Phi) is 6.88. The summed E-state index contributed by atoms with van der Waals surface area (Å²) in [6.45, 7) is 5.17. The fourth-order valence-electron chi connectivity index (χ4n) is 3.50. The topological polar surface area (TPSA) is 112 Å². The number of nitrogens with one attached hydrogen (secondary N) is 2. The summed E-state index contributed by atoms with van der Waals surface area (Å²) < 4.78 is 5.47. The van der Waals surface area contributed by atoms with Gasteiger partial charge in [-0.25, -0.2) is 4.98 Å². The van der Waals surface area contributed by atoms with Crippen molar-refractivity contribution in [3.8, 4) is 11.1 Å². The second-order valence-corrected chi connectivity index (χ2v) is 7.40. The molecule has 166 valence electrons. The molecule has 0 spiro atoms. The SMILES string of the molecule is Cc1ncc(NC(=O)c2ccncc2)cc1-c1cc(NCCO)nc(N2CCOCC2)c1. The summed E-state index contributed by atoms with van der Waals surface area (Å²) in [7, 11) is 0. The van der Waals surface area contributed by atoms with Crippen molar-refractivity contribution >= 4 is 23.2 Å². The highest BCUT2D eigenvalue weighted by atomic mass is 16.5. The predicted octanol–water partition coefficient (Wildman–Crippen LogP) is 2.34. The van der Waals surface area contributed by atoms with E-state index < -0.39 is 0 Å². The maximum atomic E-state index is 12.6. The number of ether oxygens (including phenoxy) is 1. The molecule has 1 aliphatic rings. The van der Waals surface area contributed by atoms with Gasteiger partial charge in [0.25, 0.3) is 5.91 Å². The number of aromatic nitrogens is 3. The van der Waals surface area contributed by atoms with E-state index in [9.17, 15) is 9.90 Å². The van der Waals surface area contributed by atoms with E-state index in [2.05, 4.69) is 25.5 Å². The highest BCUT2D eigenvalue weighted by Crippen LogP contribution is 2.30. The summed E-state index contributed by atoms with van der Waals surface area (Å²) in [5.41, 5.74) is 3.77. The highest BCUT2D eigenvalue weighted by Gasteiger charge is 2.16. The summed E-state index contributed by atoms with van der Waals surface area (Å²) in [6, 6.07) is 9.19. The Morgan fingerprint density at radius 3 is 2.72 bits per heavy atom. The Bertz CT molecular complexity index is 1070. The van der Waals surface area contributed by atoms with Crippen molar-refractivity contribution in [2.45, 2.75) is 6.92 Å². The number of aliphatic hydroxyl groups excluding tert-OH is 1. The normalized spacial score (nSPS) is 13.6. The second-order valence-electron chi connectivity index (χ2n) is 7.40. The van der Waals surface area contributed by atoms with Crippen LogP contribution in [0.3, 0.4) is 0 Å². The number of hydrogen-bond acceptors (Lipinski definition) is 8.